The molecule has 0 saturated carbocycles. The van der Waals surface area contributed by atoms with Crippen molar-refractivity contribution in [2.45, 2.75) is 25.8 Å². The zero-order chi connectivity index (χ0) is 13.1. The van der Waals surface area contributed by atoms with E-state index in [4.69, 9.17) is 15.2 Å². The Balaban J connectivity index is 3.14. The highest BCUT2D eigenvalue weighted by atomic mass is 16.5. The zero-order valence-electron chi connectivity index (χ0n) is 10.7. The van der Waals surface area contributed by atoms with Gasteiger partial charge in [0, 0.05) is 12.0 Å². The summed E-state index contributed by atoms with van der Waals surface area (Å²) in [6, 6.07) is 5.25. The van der Waals surface area contributed by atoms with Crippen LogP contribution in [-0.4, -0.2) is 25.5 Å². The van der Waals surface area contributed by atoms with Crippen molar-refractivity contribution in [1.29, 1.82) is 0 Å². The van der Waals surface area contributed by atoms with Crippen molar-refractivity contribution in [3.8, 4) is 11.5 Å². The van der Waals surface area contributed by atoms with Gasteiger partial charge in [-0.1, -0.05) is 6.07 Å². The maximum atomic E-state index is 12.2. The molecule has 0 heterocycles. The highest BCUT2D eigenvalue weighted by Crippen LogP contribution is 2.30. The number of ketones is 1. The van der Waals surface area contributed by atoms with Crippen molar-refractivity contribution in [2.75, 3.05) is 14.2 Å². The molecular formula is C13H19NO3. The van der Waals surface area contributed by atoms with E-state index in [1.807, 2.05) is 13.8 Å². The van der Waals surface area contributed by atoms with Crippen molar-refractivity contribution in [3.63, 3.8) is 0 Å². The van der Waals surface area contributed by atoms with Gasteiger partial charge >= 0.3 is 0 Å². The molecule has 1 aromatic rings. The van der Waals surface area contributed by atoms with Crippen LogP contribution in [0.15, 0.2) is 18.2 Å². The lowest BCUT2D eigenvalue weighted by atomic mass is 9.94. The number of carbonyl (C=O) groups excluding carboxylic acids is 1. The van der Waals surface area contributed by atoms with Crippen LogP contribution in [-0.2, 0) is 0 Å². The van der Waals surface area contributed by atoms with Crippen LogP contribution in [0, 0.1) is 0 Å². The molecule has 0 amide bonds. The topological polar surface area (TPSA) is 61.5 Å². The number of hydrogen-bond acceptors (Lipinski definition) is 4. The van der Waals surface area contributed by atoms with Gasteiger partial charge in [0.15, 0.2) is 5.78 Å². The molecule has 0 atom stereocenters. The zero-order valence-corrected chi connectivity index (χ0v) is 10.7. The Morgan fingerprint density at radius 2 is 1.71 bits per heavy atom. The van der Waals surface area contributed by atoms with E-state index >= 15 is 0 Å². The maximum Gasteiger partial charge on any atom is 0.172 e. The summed E-state index contributed by atoms with van der Waals surface area (Å²) in [4.78, 5) is 12.2. The number of carbonyl (C=O) groups is 1. The minimum Gasteiger partial charge on any atom is -0.496 e. The quantitative estimate of drug-likeness (QED) is 0.796. The van der Waals surface area contributed by atoms with Gasteiger partial charge in [0.25, 0.3) is 0 Å². The van der Waals surface area contributed by atoms with Gasteiger partial charge in [-0.2, -0.15) is 0 Å². The monoisotopic (exact) mass is 237 g/mol. The van der Waals surface area contributed by atoms with Gasteiger partial charge in [-0.25, -0.2) is 0 Å². The van der Waals surface area contributed by atoms with Gasteiger partial charge in [-0.05, 0) is 26.0 Å². The summed E-state index contributed by atoms with van der Waals surface area (Å²) in [6.07, 6.45) is 0.240. The molecule has 4 nitrogen and oxygen atoms in total. The molecule has 0 aliphatic rings. The SMILES string of the molecule is COc1cccc(OC)c1C(=O)CC(C)(C)N. The normalized spacial score (nSPS) is 11.1. The van der Waals surface area contributed by atoms with E-state index in [2.05, 4.69) is 0 Å². The van der Waals surface area contributed by atoms with Crippen LogP contribution in [0.1, 0.15) is 30.6 Å². The summed E-state index contributed by atoms with van der Waals surface area (Å²) in [5, 5.41) is 0. The Hall–Kier alpha value is -1.55. The predicted molar refractivity (Wildman–Crippen MR) is 66.8 cm³/mol. The van der Waals surface area contributed by atoms with Crippen LogP contribution in [0.4, 0.5) is 0 Å². The molecule has 4 heteroatoms. The van der Waals surface area contributed by atoms with Crippen LogP contribution in [0.25, 0.3) is 0 Å². The first-order valence-corrected chi connectivity index (χ1v) is 5.42. The Morgan fingerprint density at radius 3 is 2.06 bits per heavy atom. The first-order valence-electron chi connectivity index (χ1n) is 5.42. The summed E-state index contributed by atoms with van der Waals surface area (Å²) < 4.78 is 10.4. The first-order chi connectivity index (χ1) is 7.89. The van der Waals surface area contributed by atoms with Crippen molar-refractivity contribution in [3.05, 3.63) is 23.8 Å². The van der Waals surface area contributed by atoms with Gasteiger partial charge in [-0.3, -0.25) is 4.79 Å². The summed E-state index contributed by atoms with van der Waals surface area (Å²) in [5.74, 6) is 0.948. The number of benzene rings is 1. The first kappa shape index (κ1) is 13.5. The summed E-state index contributed by atoms with van der Waals surface area (Å²) >= 11 is 0. The molecule has 17 heavy (non-hydrogen) atoms. The average molecular weight is 237 g/mol. The number of nitrogens with two attached hydrogens (primary N) is 1. The molecule has 1 aromatic carbocycles. The molecule has 0 radical (unpaired) electrons. The van der Waals surface area contributed by atoms with Crippen molar-refractivity contribution < 1.29 is 14.3 Å². The van der Waals surface area contributed by atoms with E-state index in [9.17, 15) is 4.79 Å². The third kappa shape index (κ3) is 3.46. The van der Waals surface area contributed by atoms with E-state index < -0.39 is 5.54 Å². The Kier molecular flexibility index (Phi) is 4.12. The minimum atomic E-state index is -0.553. The van der Waals surface area contributed by atoms with Crippen LogP contribution >= 0.6 is 0 Å². The molecule has 0 unspecified atom stereocenters. The van der Waals surface area contributed by atoms with Crippen LogP contribution in [0.3, 0.4) is 0 Å². The summed E-state index contributed by atoms with van der Waals surface area (Å²) in [7, 11) is 3.05. The second-order valence-electron chi connectivity index (χ2n) is 4.63. The van der Waals surface area contributed by atoms with Crippen molar-refractivity contribution in [1.82, 2.24) is 0 Å². The molecule has 0 spiro atoms. The number of ether oxygens (including phenoxy) is 2. The molecule has 0 bridgehead atoms. The molecule has 0 aliphatic heterocycles. The van der Waals surface area contributed by atoms with Crippen molar-refractivity contribution in [2.24, 2.45) is 5.73 Å². The fourth-order valence-electron chi connectivity index (χ4n) is 1.63. The molecule has 94 valence electrons. The fourth-order valence-corrected chi connectivity index (χ4v) is 1.63. The Labute approximate surface area is 102 Å². The molecule has 0 aromatic heterocycles. The standard InChI is InChI=1S/C13H19NO3/c1-13(2,14)8-9(15)12-10(16-3)6-5-7-11(12)17-4/h5-7H,8,14H2,1-4H3. The Morgan fingerprint density at radius 1 is 1.24 bits per heavy atom. The van der Waals surface area contributed by atoms with Gasteiger partial charge in [0.05, 0.1) is 14.2 Å². The number of methoxy groups -OCH3 is 2. The maximum absolute atomic E-state index is 12.2. The number of rotatable bonds is 5. The van der Waals surface area contributed by atoms with E-state index in [0.717, 1.165) is 0 Å². The van der Waals surface area contributed by atoms with Crippen LogP contribution in [0.2, 0.25) is 0 Å². The highest BCUT2D eigenvalue weighted by Gasteiger charge is 2.23. The van der Waals surface area contributed by atoms with Crippen molar-refractivity contribution >= 4 is 5.78 Å². The summed E-state index contributed by atoms with van der Waals surface area (Å²) in [5.41, 5.74) is 5.76. The lowest BCUT2D eigenvalue weighted by Gasteiger charge is -2.19. The van der Waals surface area contributed by atoms with Gasteiger partial charge in [0.2, 0.25) is 0 Å². The smallest absolute Gasteiger partial charge is 0.172 e. The predicted octanol–water partition coefficient (Wildman–Crippen LogP) is 2.01. The lowest BCUT2D eigenvalue weighted by molar-refractivity contribution is 0.0954. The van der Waals surface area contributed by atoms with Crippen LogP contribution in [0.5, 0.6) is 11.5 Å². The third-order valence-corrected chi connectivity index (χ3v) is 2.32. The van der Waals surface area contributed by atoms with E-state index in [-0.39, 0.29) is 12.2 Å². The van der Waals surface area contributed by atoms with E-state index in [1.54, 1.807) is 18.2 Å². The lowest BCUT2D eigenvalue weighted by Crippen LogP contribution is -2.34. The van der Waals surface area contributed by atoms with Gasteiger partial charge < -0.3 is 15.2 Å². The molecule has 0 aliphatic carbocycles. The molecule has 2 N–H and O–H groups in total. The van der Waals surface area contributed by atoms with Gasteiger partial charge in [0.1, 0.15) is 17.1 Å². The van der Waals surface area contributed by atoms with Gasteiger partial charge in [-0.15, -0.1) is 0 Å². The van der Waals surface area contributed by atoms with Crippen LogP contribution < -0.4 is 15.2 Å². The largest absolute Gasteiger partial charge is 0.496 e. The highest BCUT2D eigenvalue weighted by molar-refractivity contribution is 6.01. The number of Topliss-reactive ketones (excluding diaryl/α,β-unsaturated/α-hetero) is 1. The minimum absolute atomic E-state index is 0.0770. The summed E-state index contributed by atoms with van der Waals surface area (Å²) in [6.45, 7) is 3.62. The van der Waals surface area contributed by atoms with E-state index in [0.29, 0.717) is 17.1 Å². The molecule has 0 saturated heterocycles. The number of hydrogen-bond donors (Lipinski definition) is 1. The van der Waals surface area contributed by atoms with E-state index in [1.165, 1.54) is 14.2 Å². The Bertz CT molecular complexity index is 385. The molecule has 0 fully saturated rings. The fraction of sp³-hybridized carbons (Fsp3) is 0.462. The second-order valence-corrected chi connectivity index (χ2v) is 4.63. The third-order valence-electron chi connectivity index (χ3n) is 2.32. The average Bonchev–Trinajstić information content (AvgIpc) is 2.25. The molecule has 1 rings (SSSR count). The second kappa shape index (κ2) is 5.19. The molecular weight excluding hydrogens is 218 g/mol.